The van der Waals surface area contributed by atoms with Gasteiger partial charge in [0.25, 0.3) is 0 Å². The minimum Gasteiger partial charge on any atom is -0.507 e. The number of phenols is 1. The first-order valence-electron chi connectivity index (χ1n) is 6.69. The first kappa shape index (κ1) is 14.4. The number of aromatic hydroxyl groups is 1. The van der Waals surface area contributed by atoms with Crippen LogP contribution in [0.4, 0.5) is 0 Å². The molecule has 0 spiro atoms. The van der Waals surface area contributed by atoms with Crippen molar-refractivity contribution in [2.45, 2.75) is 11.8 Å². The van der Waals surface area contributed by atoms with Gasteiger partial charge >= 0.3 is 10.1 Å². The molecule has 0 aliphatic heterocycles. The minimum atomic E-state index is -3.98. The Kier molecular flexibility index (Phi) is 3.50. The van der Waals surface area contributed by atoms with Crippen molar-refractivity contribution in [1.82, 2.24) is 0 Å². The van der Waals surface area contributed by atoms with Crippen molar-refractivity contribution < 1.29 is 17.7 Å². The largest absolute Gasteiger partial charge is 0.507 e. The Morgan fingerprint density at radius 1 is 0.864 bits per heavy atom. The average molecular weight is 314 g/mol. The molecule has 22 heavy (non-hydrogen) atoms. The minimum absolute atomic E-state index is 0.0291. The van der Waals surface area contributed by atoms with Gasteiger partial charge in [0.15, 0.2) is 0 Å². The van der Waals surface area contributed by atoms with Crippen molar-refractivity contribution in [1.29, 1.82) is 0 Å². The Balaban J connectivity index is 2.10. The lowest BCUT2D eigenvalue weighted by atomic mass is 10.1. The SMILES string of the molecule is Cc1ccc(OS(=O)(=O)c2ccc(O)c3ccccc23)cc1. The van der Waals surface area contributed by atoms with Gasteiger partial charge in [-0.1, -0.05) is 42.0 Å². The van der Waals surface area contributed by atoms with Gasteiger partial charge in [0.05, 0.1) is 0 Å². The predicted molar refractivity (Wildman–Crippen MR) is 84.6 cm³/mol. The summed E-state index contributed by atoms with van der Waals surface area (Å²) in [5.74, 6) is 0.285. The molecular weight excluding hydrogens is 300 g/mol. The fourth-order valence-corrected chi connectivity index (χ4v) is 3.38. The van der Waals surface area contributed by atoms with Crippen molar-refractivity contribution in [3.63, 3.8) is 0 Å². The summed E-state index contributed by atoms with van der Waals surface area (Å²) in [6.45, 7) is 1.91. The molecule has 0 aliphatic carbocycles. The summed E-state index contributed by atoms with van der Waals surface area (Å²) in [7, 11) is -3.98. The second kappa shape index (κ2) is 5.35. The van der Waals surface area contributed by atoms with E-state index in [9.17, 15) is 13.5 Å². The van der Waals surface area contributed by atoms with Crippen molar-refractivity contribution in [2.75, 3.05) is 0 Å². The number of benzene rings is 3. The van der Waals surface area contributed by atoms with Gasteiger partial charge in [0.1, 0.15) is 16.4 Å². The maximum Gasteiger partial charge on any atom is 0.339 e. The fourth-order valence-electron chi connectivity index (χ4n) is 2.24. The van der Waals surface area contributed by atoms with E-state index in [-0.39, 0.29) is 16.4 Å². The third kappa shape index (κ3) is 2.63. The van der Waals surface area contributed by atoms with Gasteiger partial charge in [-0.05, 0) is 31.2 Å². The summed E-state index contributed by atoms with van der Waals surface area (Å²) in [4.78, 5) is 0.0291. The van der Waals surface area contributed by atoms with Crippen LogP contribution < -0.4 is 4.18 Å². The number of rotatable bonds is 3. The van der Waals surface area contributed by atoms with Gasteiger partial charge in [0, 0.05) is 10.8 Å². The molecule has 3 rings (SSSR count). The normalized spacial score (nSPS) is 11.5. The lowest BCUT2D eigenvalue weighted by Crippen LogP contribution is -2.10. The second-order valence-electron chi connectivity index (χ2n) is 4.98. The van der Waals surface area contributed by atoms with Crippen LogP contribution in [0.1, 0.15) is 5.56 Å². The summed E-state index contributed by atoms with van der Waals surface area (Å²) < 4.78 is 30.2. The van der Waals surface area contributed by atoms with Crippen LogP contribution in [0.25, 0.3) is 10.8 Å². The molecule has 5 heteroatoms. The Bertz CT molecular complexity index is 929. The summed E-state index contributed by atoms with van der Waals surface area (Å²) in [5, 5.41) is 10.7. The van der Waals surface area contributed by atoms with Crippen LogP contribution in [0.3, 0.4) is 0 Å². The van der Waals surface area contributed by atoms with Crippen molar-refractivity contribution in [2.24, 2.45) is 0 Å². The lowest BCUT2D eigenvalue weighted by Gasteiger charge is -2.10. The number of hydrogen-bond donors (Lipinski definition) is 1. The molecule has 3 aromatic carbocycles. The molecule has 0 aromatic heterocycles. The molecule has 0 fully saturated rings. The summed E-state index contributed by atoms with van der Waals surface area (Å²) in [6, 6.07) is 16.2. The maximum atomic E-state index is 12.5. The number of aryl methyl sites for hydroxylation is 1. The summed E-state index contributed by atoms with van der Waals surface area (Å²) >= 11 is 0. The van der Waals surface area contributed by atoms with E-state index in [1.54, 1.807) is 48.5 Å². The summed E-state index contributed by atoms with van der Waals surface area (Å²) in [6.07, 6.45) is 0. The Hall–Kier alpha value is -2.53. The highest BCUT2D eigenvalue weighted by Crippen LogP contribution is 2.31. The number of phenolic OH excluding ortho intramolecular Hbond substituents is 1. The molecule has 0 aliphatic rings. The molecule has 0 amide bonds. The number of hydrogen-bond acceptors (Lipinski definition) is 4. The van der Waals surface area contributed by atoms with Crippen LogP contribution in [-0.2, 0) is 10.1 Å². The topological polar surface area (TPSA) is 63.6 Å². The molecule has 1 N–H and O–H groups in total. The van der Waals surface area contributed by atoms with Crippen molar-refractivity contribution >= 4 is 20.9 Å². The Morgan fingerprint density at radius 3 is 2.18 bits per heavy atom. The first-order chi connectivity index (χ1) is 10.5. The van der Waals surface area contributed by atoms with E-state index in [0.29, 0.717) is 10.8 Å². The van der Waals surface area contributed by atoms with Gasteiger partial charge in [0.2, 0.25) is 0 Å². The fraction of sp³-hybridized carbons (Fsp3) is 0.0588. The van der Waals surface area contributed by atoms with E-state index in [1.807, 2.05) is 6.92 Å². The highest BCUT2D eigenvalue weighted by atomic mass is 32.2. The van der Waals surface area contributed by atoms with Crippen LogP contribution in [0.5, 0.6) is 11.5 Å². The molecule has 0 bridgehead atoms. The zero-order chi connectivity index (χ0) is 15.7. The highest BCUT2D eigenvalue weighted by Gasteiger charge is 2.20. The van der Waals surface area contributed by atoms with Gasteiger partial charge in [-0.15, -0.1) is 0 Å². The zero-order valence-electron chi connectivity index (χ0n) is 11.9. The number of fused-ring (bicyclic) bond motifs is 1. The van der Waals surface area contributed by atoms with E-state index in [2.05, 4.69) is 0 Å². The van der Waals surface area contributed by atoms with Crippen LogP contribution >= 0.6 is 0 Å². The van der Waals surface area contributed by atoms with Gasteiger partial charge in [-0.25, -0.2) is 0 Å². The monoisotopic (exact) mass is 314 g/mol. The molecule has 112 valence electrons. The molecule has 0 unspecified atom stereocenters. The maximum absolute atomic E-state index is 12.5. The quantitative estimate of drug-likeness (QED) is 0.750. The molecule has 3 aromatic rings. The molecule has 4 nitrogen and oxygen atoms in total. The molecular formula is C17H14O4S. The summed E-state index contributed by atoms with van der Waals surface area (Å²) in [5.41, 5.74) is 1.01. The van der Waals surface area contributed by atoms with E-state index < -0.39 is 10.1 Å². The lowest BCUT2D eigenvalue weighted by molar-refractivity contribution is 0.480. The van der Waals surface area contributed by atoms with E-state index >= 15 is 0 Å². The van der Waals surface area contributed by atoms with Crippen LogP contribution in [-0.4, -0.2) is 13.5 Å². The van der Waals surface area contributed by atoms with Crippen LogP contribution in [0.2, 0.25) is 0 Å². The van der Waals surface area contributed by atoms with E-state index in [0.717, 1.165) is 5.56 Å². The van der Waals surface area contributed by atoms with Crippen molar-refractivity contribution in [3.8, 4) is 11.5 Å². The van der Waals surface area contributed by atoms with E-state index in [4.69, 9.17) is 4.18 Å². The Labute approximate surface area is 128 Å². The standard InChI is InChI=1S/C17H14O4S/c1-12-6-8-13(9-7-12)21-22(19,20)17-11-10-16(18)14-4-2-3-5-15(14)17/h2-11,18H,1H3. The predicted octanol–water partition coefficient (Wildman–Crippen LogP) is 3.62. The molecule has 0 radical (unpaired) electrons. The third-order valence-corrected chi connectivity index (χ3v) is 4.66. The smallest absolute Gasteiger partial charge is 0.339 e. The van der Waals surface area contributed by atoms with Gasteiger partial charge < -0.3 is 9.29 Å². The Morgan fingerprint density at radius 2 is 1.50 bits per heavy atom. The molecule has 0 saturated heterocycles. The van der Waals surface area contributed by atoms with E-state index in [1.165, 1.54) is 12.1 Å². The molecule has 0 saturated carbocycles. The van der Waals surface area contributed by atoms with Crippen molar-refractivity contribution in [3.05, 3.63) is 66.2 Å². The average Bonchev–Trinajstić information content (AvgIpc) is 2.50. The zero-order valence-corrected chi connectivity index (χ0v) is 12.7. The molecule has 0 heterocycles. The highest BCUT2D eigenvalue weighted by molar-refractivity contribution is 7.87. The third-order valence-electron chi connectivity index (χ3n) is 3.36. The van der Waals surface area contributed by atoms with Crippen LogP contribution in [0.15, 0.2) is 65.6 Å². The second-order valence-corrected chi connectivity index (χ2v) is 6.49. The first-order valence-corrected chi connectivity index (χ1v) is 8.10. The van der Waals surface area contributed by atoms with Gasteiger partial charge in [-0.2, -0.15) is 8.42 Å². The van der Waals surface area contributed by atoms with Crippen LogP contribution in [0, 0.1) is 6.92 Å². The molecule has 0 atom stereocenters. The van der Waals surface area contributed by atoms with Gasteiger partial charge in [-0.3, -0.25) is 0 Å².